The van der Waals surface area contributed by atoms with Gasteiger partial charge >= 0.3 is 0 Å². The van der Waals surface area contributed by atoms with Crippen molar-refractivity contribution in [1.29, 1.82) is 0 Å². The molecule has 0 spiro atoms. The molecule has 0 unspecified atom stereocenters. The summed E-state index contributed by atoms with van der Waals surface area (Å²) in [6.07, 6.45) is 1.62. The molecule has 0 aliphatic rings. The third-order valence-corrected chi connectivity index (χ3v) is 3.40. The van der Waals surface area contributed by atoms with Crippen LogP contribution in [0.2, 0.25) is 0 Å². The van der Waals surface area contributed by atoms with Gasteiger partial charge in [0.25, 0.3) is 5.69 Å². The number of ether oxygens (including phenoxy) is 1. The molecule has 0 saturated carbocycles. The standard InChI is InChI=1S/C14H14BrN3O3/c1-2-16-9-10-4-3-7-17-14(10)21-13-8-11(18(19)20)5-6-12(13)15/h3-8,16H,2,9H2,1H3. The fraction of sp³-hybridized carbons (Fsp3) is 0.214. The van der Waals surface area contributed by atoms with Gasteiger partial charge in [-0.3, -0.25) is 10.1 Å². The van der Waals surface area contributed by atoms with E-state index >= 15 is 0 Å². The zero-order valence-electron chi connectivity index (χ0n) is 11.4. The molecule has 2 aromatic rings. The largest absolute Gasteiger partial charge is 0.437 e. The van der Waals surface area contributed by atoms with Crippen molar-refractivity contribution < 1.29 is 9.66 Å². The first-order valence-electron chi connectivity index (χ1n) is 6.38. The quantitative estimate of drug-likeness (QED) is 0.634. The van der Waals surface area contributed by atoms with Crippen molar-refractivity contribution in [3.05, 3.63) is 56.7 Å². The van der Waals surface area contributed by atoms with E-state index in [2.05, 4.69) is 26.2 Å². The first-order valence-corrected chi connectivity index (χ1v) is 7.17. The lowest BCUT2D eigenvalue weighted by molar-refractivity contribution is -0.384. The van der Waals surface area contributed by atoms with Gasteiger partial charge in [0.2, 0.25) is 5.88 Å². The molecule has 0 radical (unpaired) electrons. The van der Waals surface area contributed by atoms with Gasteiger partial charge in [0, 0.05) is 24.4 Å². The van der Waals surface area contributed by atoms with E-state index in [4.69, 9.17) is 4.74 Å². The van der Waals surface area contributed by atoms with E-state index in [1.165, 1.54) is 12.1 Å². The first-order chi connectivity index (χ1) is 10.1. The molecule has 0 bridgehead atoms. The van der Waals surface area contributed by atoms with Crippen LogP contribution in [0.3, 0.4) is 0 Å². The highest BCUT2D eigenvalue weighted by molar-refractivity contribution is 9.10. The lowest BCUT2D eigenvalue weighted by Crippen LogP contribution is -2.12. The van der Waals surface area contributed by atoms with E-state index in [9.17, 15) is 10.1 Å². The Bertz CT molecular complexity index is 649. The summed E-state index contributed by atoms with van der Waals surface area (Å²) in [5.41, 5.74) is 0.857. The summed E-state index contributed by atoms with van der Waals surface area (Å²) < 4.78 is 6.36. The third kappa shape index (κ3) is 3.99. The number of non-ortho nitro benzene ring substituents is 1. The van der Waals surface area contributed by atoms with Crippen molar-refractivity contribution in [2.24, 2.45) is 0 Å². The summed E-state index contributed by atoms with van der Waals surface area (Å²) >= 11 is 3.32. The van der Waals surface area contributed by atoms with Crippen molar-refractivity contribution >= 4 is 21.6 Å². The number of nitro benzene ring substituents is 1. The lowest BCUT2D eigenvalue weighted by atomic mass is 10.2. The molecule has 0 atom stereocenters. The predicted octanol–water partition coefficient (Wildman–Crippen LogP) is 3.65. The number of nitrogens with one attached hydrogen (secondary N) is 1. The van der Waals surface area contributed by atoms with Crippen molar-refractivity contribution in [3.8, 4) is 11.6 Å². The summed E-state index contributed by atoms with van der Waals surface area (Å²) in [5, 5.41) is 14.0. The maximum atomic E-state index is 10.8. The highest BCUT2D eigenvalue weighted by Gasteiger charge is 2.13. The average Bonchev–Trinajstić information content (AvgIpc) is 2.48. The molecule has 1 aromatic heterocycles. The van der Waals surface area contributed by atoms with E-state index < -0.39 is 4.92 Å². The van der Waals surface area contributed by atoms with E-state index in [1.54, 1.807) is 12.3 Å². The number of benzene rings is 1. The number of halogens is 1. The Balaban J connectivity index is 2.29. The molecule has 1 heterocycles. The fourth-order valence-electron chi connectivity index (χ4n) is 1.70. The van der Waals surface area contributed by atoms with Gasteiger partial charge in [-0.05, 0) is 34.6 Å². The number of hydrogen-bond acceptors (Lipinski definition) is 5. The monoisotopic (exact) mass is 351 g/mol. The van der Waals surface area contributed by atoms with Crippen LogP contribution in [0.25, 0.3) is 0 Å². The van der Waals surface area contributed by atoms with Gasteiger partial charge in [-0.2, -0.15) is 0 Å². The summed E-state index contributed by atoms with van der Waals surface area (Å²) in [7, 11) is 0. The van der Waals surface area contributed by atoms with E-state index in [1.807, 2.05) is 19.1 Å². The van der Waals surface area contributed by atoms with Crippen molar-refractivity contribution in [2.45, 2.75) is 13.5 Å². The number of rotatable bonds is 6. The van der Waals surface area contributed by atoms with Crippen LogP contribution in [0.15, 0.2) is 41.0 Å². The zero-order chi connectivity index (χ0) is 15.2. The Hall–Kier alpha value is -1.99. The molecule has 7 heteroatoms. The Morgan fingerprint density at radius 1 is 1.43 bits per heavy atom. The number of nitrogens with zero attached hydrogens (tertiary/aromatic N) is 2. The molecular weight excluding hydrogens is 338 g/mol. The van der Waals surface area contributed by atoms with Crippen LogP contribution in [-0.4, -0.2) is 16.5 Å². The number of aromatic nitrogens is 1. The molecule has 110 valence electrons. The minimum atomic E-state index is -0.461. The third-order valence-electron chi connectivity index (χ3n) is 2.75. The molecule has 1 aromatic carbocycles. The van der Waals surface area contributed by atoms with Crippen LogP contribution < -0.4 is 10.1 Å². The molecule has 0 saturated heterocycles. The van der Waals surface area contributed by atoms with E-state index in [0.29, 0.717) is 22.6 Å². The van der Waals surface area contributed by atoms with Crippen LogP contribution in [-0.2, 0) is 6.54 Å². The minimum absolute atomic E-state index is 0.0302. The Labute approximate surface area is 130 Å². The molecular formula is C14H14BrN3O3. The van der Waals surface area contributed by atoms with Gasteiger partial charge in [-0.15, -0.1) is 0 Å². The van der Waals surface area contributed by atoms with Gasteiger partial charge in [-0.1, -0.05) is 13.0 Å². The van der Waals surface area contributed by atoms with E-state index in [0.717, 1.165) is 12.1 Å². The molecule has 21 heavy (non-hydrogen) atoms. The minimum Gasteiger partial charge on any atom is -0.437 e. The average molecular weight is 352 g/mol. The SMILES string of the molecule is CCNCc1cccnc1Oc1cc([N+](=O)[O-])ccc1Br. The topological polar surface area (TPSA) is 77.3 Å². The van der Waals surface area contributed by atoms with Crippen LogP contribution in [0.1, 0.15) is 12.5 Å². The maximum absolute atomic E-state index is 10.8. The van der Waals surface area contributed by atoms with E-state index in [-0.39, 0.29) is 5.69 Å². The van der Waals surface area contributed by atoms with Crippen LogP contribution in [0, 0.1) is 10.1 Å². The van der Waals surface area contributed by atoms with Gasteiger partial charge in [0.15, 0.2) is 5.75 Å². The van der Waals surface area contributed by atoms with Crippen LogP contribution >= 0.6 is 15.9 Å². The van der Waals surface area contributed by atoms with Gasteiger partial charge in [0.1, 0.15) is 0 Å². The molecule has 0 aliphatic heterocycles. The molecule has 0 fully saturated rings. The summed E-state index contributed by atoms with van der Waals surface area (Å²) in [4.78, 5) is 14.6. The fourth-order valence-corrected chi connectivity index (χ4v) is 2.03. The van der Waals surface area contributed by atoms with Crippen molar-refractivity contribution in [3.63, 3.8) is 0 Å². The van der Waals surface area contributed by atoms with Crippen LogP contribution in [0.5, 0.6) is 11.6 Å². The van der Waals surface area contributed by atoms with Gasteiger partial charge in [-0.25, -0.2) is 4.98 Å². The predicted molar refractivity (Wildman–Crippen MR) is 82.5 cm³/mol. The molecule has 6 nitrogen and oxygen atoms in total. The number of pyridine rings is 1. The molecule has 0 amide bonds. The van der Waals surface area contributed by atoms with Crippen LogP contribution in [0.4, 0.5) is 5.69 Å². The van der Waals surface area contributed by atoms with Crippen molar-refractivity contribution in [1.82, 2.24) is 10.3 Å². The highest BCUT2D eigenvalue weighted by Crippen LogP contribution is 2.33. The van der Waals surface area contributed by atoms with Gasteiger partial charge in [0.05, 0.1) is 15.5 Å². The Morgan fingerprint density at radius 3 is 2.95 bits per heavy atom. The smallest absolute Gasteiger partial charge is 0.273 e. The zero-order valence-corrected chi connectivity index (χ0v) is 13.0. The maximum Gasteiger partial charge on any atom is 0.273 e. The lowest BCUT2D eigenvalue weighted by Gasteiger charge is -2.11. The summed E-state index contributed by atoms with van der Waals surface area (Å²) in [5.74, 6) is 0.792. The number of hydrogen-bond donors (Lipinski definition) is 1. The second kappa shape index (κ2) is 7.14. The summed E-state index contributed by atoms with van der Waals surface area (Å²) in [6.45, 7) is 3.45. The van der Waals surface area contributed by atoms with Crippen molar-refractivity contribution in [2.75, 3.05) is 6.54 Å². The Kier molecular flexibility index (Phi) is 5.24. The highest BCUT2D eigenvalue weighted by atomic mass is 79.9. The van der Waals surface area contributed by atoms with Gasteiger partial charge < -0.3 is 10.1 Å². The Morgan fingerprint density at radius 2 is 2.24 bits per heavy atom. The molecule has 0 aliphatic carbocycles. The second-order valence-corrected chi connectivity index (χ2v) is 5.08. The second-order valence-electron chi connectivity index (χ2n) is 4.22. The number of nitro groups is 1. The molecule has 1 N–H and O–H groups in total. The first kappa shape index (κ1) is 15.4. The normalized spacial score (nSPS) is 10.4. The molecule has 2 rings (SSSR count). The summed E-state index contributed by atoms with van der Waals surface area (Å²) in [6, 6.07) is 8.09.